The number of amides is 1. The summed E-state index contributed by atoms with van der Waals surface area (Å²) in [5, 5.41) is 2.94. The number of carbonyl (C=O) groups excluding carboxylic acids is 1. The van der Waals surface area contributed by atoms with Crippen LogP contribution in [0.3, 0.4) is 0 Å². The summed E-state index contributed by atoms with van der Waals surface area (Å²) in [6.45, 7) is 6.42. The van der Waals surface area contributed by atoms with Gasteiger partial charge in [0, 0.05) is 19.5 Å². The second-order valence-electron chi connectivity index (χ2n) is 9.12. The van der Waals surface area contributed by atoms with Gasteiger partial charge >= 0.3 is 0 Å². The smallest absolute Gasteiger partial charge is 0.257 e. The number of nitrogens with one attached hydrogen (secondary N) is 1. The van der Waals surface area contributed by atoms with Crippen molar-refractivity contribution in [3.05, 3.63) is 90.3 Å². The van der Waals surface area contributed by atoms with Gasteiger partial charge in [0.25, 0.3) is 5.91 Å². The summed E-state index contributed by atoms with van der Waals surface area (Å²) in [6.07, 6.45) is 2.59. The van der Waals surface area contributed by atoms with Crippen LogP contribution in [0, 0.1) is 0 Å². The Balaban J connectivity index is 1.28. The van der Waals surface area contributed by atoms with Crippen molar-refractivity contribution in [3.63, 3.8) is 0 Å². The monoisotopic (exact) mass is 485 g/mol. The lowest BCUT2D eigenvalue weighted by Gasteiger charge is -2.14. The van der Waals surface area contributed by atoms with Gasteiger partial charge in [0.1, 0.15) is 17.3 Å². The van der Waals surface area contributed by atoms with Crippen molar-refractivity contribution in [1.82, 2.24) is 14.9 Å². The summed E-state index contributed by atoms with van der Waals surface area (Å²) in [7, 11) is 0. The summed E-state index contributed by atoms with van der Waals surface area (Å²) >= 11 is 0. The Labute approximate surface area is 213 Å². The third-order valence-corrected chi connectivity index (χ3v) is 6.09. The molecule has 0 aliphatic carbocycles. The maximum atomic E-state index is 12.2. The lowest BCUT2D eigenvalue weighted by atomic mass is 10.0. The van der Waals surface area contributed by atoms with Crippen molar-refractivity contribution in [2.24, 2.45) is 0 Å². The molecule has 0 bridgehead atoms. The number of fused-ring (bicyclic) bond motifs is 1. The van der Waals surface area contributed by atoms with E-state index in [-0.39, 0.29) is 12.5 Å². The first-order chi connectivity index (χ1) is 17.6. The molecule has 4 aromatic rings. The molecule has 0 unspecified atom stereocenters. The van der Waals surface area contributed by atoms with Crippen molar-refractivity contribution >= 4 is 16.9 Å². The molecule has 0 spiro atoms. The number of aryl methyl sites for hydroxylation is 1. The van der Waals surface area contributed by atoms with Crippen LogP contribution in [0.4, 0.5) is 0 Å². The average molecular weight is 486 g/mol. The Morgan fingerprint density at radius 2 is 1.67 bits per heavy atom. The van der Waals surface area contributed by atoms with Crippen LogP contribution in [-0.2, 0) is 17.8 Å². The highest BCUT2D eigenvalue weighted by molar-refractivity contribution is 5.77. The Kier molecular flexibility index (Phi) is 8.98. The normalized spacial score (nSPS) is 11.1. The molecule has 0 atom stereocenters. The largest absolute Gasteiger partial charge is 0.493 e. The van der Waals surface area contributed by atoms with E-state index in [0.717, 1.165) is 42.0 Å². The number of carbonyl (C=O) groups is 1. The SMILES string of the molecule is CC(C)c1ccccc1OCCCCn1c(CCNC(=O)COc2ccccc2)nc2ccccc21. The summed E-state index contributed by atoms with van der Waals surface area (Å²) in [4.78, 5) is 17.0. The van der Waals surface area contributed by atoms with E-state index >= 15 is 0 Å². The zero-order valence-corrected chi connectivity index (χ0v) is 21.2. The van der Waals surface area contributed by atoms with Gasteiger partial charge in [0.2, 0.25) is 0 Å². The Morgan fingerprint density at radius 3 is 2.50 bits per heavy atom. The van der Waals surface area contributed by atoms with E-state index in [9.17, 15) is 4.79 Å². The van der Waals surface area contributed by atoms with E-state index in [1.165, 1.54) is 5.56 Å². The second-order valence-corrected chi connectivity index (χ2v) is 9.12. The van der Waals surface area contributed by atoms with E-state index in [1.807, 2.05) is 54.6 Å². The van der Waals surface area contributed by atoms with Crippen LogP contribution in [0.15, 0.2) is 78.9 Å². The lowest BCUT2D eigenvalue weighted by Crippen LogP contribution is -2.31. The molecular weight excluding hydrogens is 450 g/mol. The van der Waals surface area contributed by atoms with Gasteiger partial charge in [-0.25, -0.2) is 4.98 Å². The topological polar surface area (TPSA) is 65.4 Å². The zero-order chi connectivity index (χ0) is 25.2. The van der Waals surface area contributed by atoms with Crippen LogP contribution in [-0.4, -0.2) is 35.2 Å². The number of para-hydroxylation sites is 4. The van der Waals surface area contributed by atoms with E-state index in [4.69, 9.17) is 14.5 Å². The van der Waals surface area contributed by atoms with E-state index in [1.54, 1.807) is 0 Å². The van der Waals surface area contributed by atoms with Gasteiger partial charge in [0.05, 0.1) is 17.6 Å². The number of nitrogens with zero attached hydrogens (tertiary/aromatic N) is 2. The van der Waals surface area contributed by atoms with Crippen LogP contribution < -0.4 is 14.8 Å². The summed E-state index contributed by atoms with van der Waals surface area (Å²) < 4.78 is 13.9. The van der Waals surface area contributed by atoms with Crippen LogP contribution >= 0.6 is 0 Å². The molecule has 6 nitrogen and oxygen atoms in total. The van der Waals surface area contributed by atoms with E-state index in [2.05, 4.69) is 48.0 Å². The van der Waals surface area contributed by atoms with Gasteiger partial charge in [-0.2, -0.15) is 0 Å². The molecule has 4 rings (SSSR count). The lowest BCUT2D eigenvalue weighted by molar-refractivity contribution is -0.123. The molecule has 3 aromatic carbocycles. The fourth-order valence-electron chi connectivity index (χ4n) is 4.24. The van der Waals surface area contributed by atoms with Gasteiger partial charge in [-0.1, -0.05) is 62.4 Å². The third kappa shape index (κ3) is 6.87. The molecule has 1 amide bonds. The van der Waals surface area contributed by atoms with Crippen molar-refractivity contribution in [2.45, 2.75) is 45.6 Å². The van der Waals surface area contributed by atoms with Crippen molar-refractivity contribution < 1.29 is 14.3 Å². The first-order valence-electron chi connectivity index (χ1n) is 12.7. The highest BCUT2D eigenvalue weighted by atomic mass is 16.5. The molecule has 0 aliphatic heterocycles. The standard InChI is InChI=1S/C30H35N3O3/c1-23(2)25-14-6-9-17-28(25)35-21-11-10-20-33-27-16-8-7-15-26(27)32-29(33)18-19-31-30(34)22-36-24-12-4-3-5-13-24/h3-9,12-17,23H,10-11,18-22H2,1-2H3,(H,31,34). The predicted octanol–water partition coefficient (Wildman–Crippen LogP) is 5.76. The van der Waals surface area contributed by atoms with Crippen LogP contribution in [0.5, 0.6) is 11.5 Å². The maximum Gasteiger partial charge on any atom is 0.257 e. The summed E-state index contributed by atoms with van der Waals surface area (Å²) in [6, 6.07) is 25.8. The van der Waals surface area contributed by atoms with Crippen molar-refractivity contribution in [3.8, 4) is 11.5 Å². The number of ether oxygens (including phenoxy) is 2. The van der Waals surface area contributed by atoms with Crippen molar-refractivity contribution in [1.29, 1.82) is 0 Å². The Hall–Kier alpha value is -3.80. The minimum atomic E-state index is -0.139. The number of aromatic nitrogens is 2. The average Bonchev–Trinajstić information content (AvgIpc) is 3.25. The van der Waals surface area contributed by atoms with E-state index in [0.29, 0.717) is 31.2 Å². The molecule has 1 aromatic heterocycles. The number of hydrogen-bond acceptors (Lipinski definition) is 4. The van der Waals surface area contributed by atoms with Gasteiger partial charge in [-0.15, -0.1) is 0 Å². The van der Waals surface area contributed by atoms with E-state index < -0.39 is 0 Å². The molecule has 188 valence electrons. The number of benzene rings is 3. The number of unbranched alkanes of at least 4 members (excludes halogenated alkanes) is 1. The highest BCUT2D eigenvalue weighted by Crippen LogP contribution is 2.26. The molecular formula is C30H35N3O3. The van der Waals surface area contributed by atoms with Crippen LogP contribution in [0.25, 0.3) is 11.0 Å². The fourth-order valence-corrected chi connectivity index (χ4v) is 4.24. The van der Waals surface area contributed by atoms with Gasteiger partial charge in [-0.05, 0) is 54.7 Å². The summed E-state index contributed by atoms with van der Waals surface area (Å²) in [5.41, 5.74) is 3.35. The number of hydrogen-bond donors (Lipinski definition) is 1. The first kappa shape index (κ1) is 25.3. The predicted molar refractivity (Wildman–Crippen MR) is 144 cm³/mol. The molecule has 0 saturated carbocycles. The molecule has 1 heterocycles. The first-order valence-corrected chi connectivity index (χ1v) is 12.7. The quantitative estimate of drug-likeness (QED) is 0.245. The molecule has 36 heavy (non-hydrogen) atoms. The Bertz CT molecular complexity index is 1250. The van der Waals surface area contributed by atoms with Gasteiger partial charge in [-0.3, -0.25) is 4.79 Å². The summed E-state index contributed by atoms with van der Waals surface area (Å²) in [5.74, 6) is 2.94. The van der Waals surface area contributed by atoms with Crippen LogP contribution in [0.1, 0.15) is 44.0 Å². The molecule has 6 heteroatoms. The number of rotatable bonds is 13. The minimum absolute atomic E-state index is 0.000364. The minimum Gasteiger partial charge on any atom is -0.493 e. The molecule has 1 N–H and O–H groups in total. The molecule has 0 aliphatic rings. The highest BCUT2D eigenvalue weighted by Gasteiger charge is 2.12. The molecule has 0 fully saturated rings. The molecule has 0 saturated heterocycles. The fraction of sp³-hybridized carbons (Fsp3) is 0.333. The second kappa shape index (κ2) is 12.8. The van der Waals surface area contributed by atoms with Crippen molar-refractivity contribution in [2.75, 3.05) is 19.8 Å². The third-order valence-electron chi connectivity index (χ3n) is 6.09. The Morgan fingerprint density at radius 1 is 0.917 bits per heavy atom. The zero-order valence-electron chi connectivity index (χ0n) is 21.2. The van der Waals surface area contributed by atoms with Gasteiger partial charge in [0.15, 0.2) is 6.61 Å². The maximum absolute atomic E-state index is 12.2. The number of imidazole rings is 1. The molecule has 0 radical (unpaired) electrons. The van der Waals surface area contributed by atoms with Crippen LogP contribution in [0.2, 0.25) is 0 Å². The van der Waals surface area contributed by atoms with Gasteiger partial charge < -0.3 is 19.4 Å².